The highest BCUT2D eigenvalue weighted by Crippen LogP contribution is 2.20. The molecule has 1 aromatic rings. The first-order valence-corrected chi connectivity index (χ1v) is 7.45. The van der Waals surface area contributed by atoms with Crippen molar-refractivity contribution in [2.24, 2.45) is 0 Å². The van der Waals surface area contributed by atoms with E-state index in [0.29, 0.717) is 12.3 Å². The van der Waals surface area contributed by atoms with Gasteiger partial charge in [0.2, 0.25) is 5.01 Å². The van der Waals surface area contributed by atoms with Crippen LogP contribution in [-0.4, -0.2) is 41.0 Å². The van der Waals surface area contributed by atoms with E-state index in [1.165, 1.54) is 0 Å². The van der Waals surface area contributed by atoms with Gasteiger partial charge in [0, 0.05) is 18.0 Å². The smallest absolute Gasteiger partial charge is 0.367 e. The topological polar surface area (TPSA) is 59.5 Å². The molecule has 1 amide bonds. The summed E-state index contributed by atoms with van der Waals surface area (Å²) in [6, 6.07) is 0.244. The lowest BCUT2D eigenvalue weighted by Crippen LogP contribution is -2.42. The first kappa shape index (κ1) is 14.0. The maximum atomic E-state index is 12.3. The number of nitrogens with zero attached hydrogens (tertiary/aromatic N) is 2. The van der Waals surface area contributed by atoms with E-state index in [9.17, 15) is 9.59 Å². The number of carbonyl (C=O) groups excluding carboxylic acids is 2. The Labute approximate surface area is 116 Å². The van der Waals surface area contributed by atoms with E-state index >= 15 is 0 Å². The van der Waals surface area contributed by atoms with Crippen LogP contribution in [0.4, 0.5) is 0 Å². The van der Waals surface area contributed by atoms with Gasteiger partial charge >= 0.3 is 5.97 Å². The van der Waals surface area contributed by atoms with Gasteiger partial charge in [-0.2, -0.15) is 0 Å². The minimum absolute atomic E-state index is 0.0843. The van der Waals surface area contributed by atoms with E-state index in [1.54, 1.807) is 12.3 Å². The van der Waals surface area contributed by atoms with Crippen LogP contribution in [0.2, 0.25) is 0 Å². The highest BCUT2D eigenvalue weighted by Gasteiger charge is 2.26. The summed E-state index contributed by atoms with van der Waals surface area (Å²) in [6.07, 6.45) is 3.22. The molecule has 104 valence electrons. The third-order valence-corrected chi connectivity index (χ3v) is 4.06. The van der Waals surface area contributed by atoms with Gasteiger partial charge in [0.1, 0.15) is 5.69 Å². The predicted octanol–water partition coefficient (Wildman–Crippen LogP) is 2.33. The highest BCUT2D eigenvalue weighted by molar-refractivity contribution is 7.11. The third kappa shape index (κ3) is 3.12. The molecular weight excluding hydrogens is 264 g/mol. The van der Waals surface area contributed by atoms with Gasteiger partial charge in [-0.3, -0.25) is 4.79 Å². The molecule has 0 aromatic carbocycles. The Balaban J connectivity index is 2.09. The number of ether oxygens (including phenoxy) is 1. The number of aromatic nitrogens is 1. The van der Waals surface area contributed by atoms with Crippen molar-refractivity contribution in [3.05, 3.63) is 16.1 Å². The van der Waals surface area contributed by atoms with E-state index in [4.69, 9.17) is 4.74 Å². The summed E-state index contributed by atoms with van der Waals surface area (Å²) >= 11 is 1.16. The average molecular weight is 282 g/mol. The first-order chi connectivity index (χ1) is 9.13. The number of rotatable bonds is 3. The summed E-state index contributed by atoms with van der Waals surface area (Å²) in [5.74, 6) is -0.544. The van der Waals surface area contributed by atoms with Crippen molar-refractivity contribution in [2.45, 2.75) is 39.2 Å². The molecule has 6 heteroatoms. The quantitative estimate of drug-likeness (QED) is 0.798. The number of esters is 1. The van der Waals surface area contributed by atoms with E-state index < -0.39 is 5.97 Å². The molecule has 0 bridgehead atoms. The highest BCUT2D eigenvalue weighted by atomic mass is 32.1. The van der Waals surface area contributed by atoms with Gasteiger partial charge in [-0.15, -0.1) is 11.3 Å². The second-order valence-corrected chi connectivity index (χ2v) is 5.46. The number of likely N-dealkylation sites (tertiary alicyclic amines) is 1. The van der Waals surface area contributed by atoms with Crippen LogP contribution in [0.3, 0.4) is 0 Å². The fourth-order valence-corrected chi connectivity index (χ4v) is 2.89. The van der Waals surface area contributed by atoms with Crippen LogP contribution in [0.25, 0.3) is 0 Å². The molecule has 1 aromatic heterocycles. The summed E-state index contributed by atoms with van der Waals surface area (Å²) < 4.78 is 4.87. The monoisotopic (exact) mass is 282 g/mol. The molecule has 2 rings (SSSR count). The summed E-state index contributed by atoms with van der Waals surface area (Å²) in [5, 5.41) is 1.88. The van der Waals surface area contributed by atoms with E-state index in [0.717, 1.165) is 37.1 Å². The zero-order valence-electron chi connectivity index (χ0n) is 11.2. The SMILES string of the molecule is CCOC(=O)c1nc(C(=O)N2CCCCC2C)cs1. The molecule has 0 spiro atoms. The molecule has 1 aliphatic rings. The molecule has 19 heavy (non-hydrogen) atoms. The van der Waals surface area contributed by atoms with Crippen LogP contribution in [-0.2, 0) is 4.74 Å². The number of piperidine rings is 1. The zero-order chi connectivity index (χ0) is 13.8. The van der Waals surface area contributed by atoms with Crippen LogP contribution in [0, 0.1) is 0 Å². The first-order valence-electron chi connectivity index (χ1n) is 6.57. The molecule has 1 unspecified atom stereocenters. The maximum absolute atomic E-state index is 12.3. The van der Waals surface area contributed by atoms with Crippen LogP contribution in [0.1, 0.15) is 53.4 Å². The Kier molecular flexibility index (Phi) is 4.52. The molecule has 0 saturated carbocycles. The molecule has 0 aliphatic carbocycles. The van der Waals surface area contributed by atoms with Gasteiger partial charge in [-0.05, 0) is 33.1 Å². The van der Waals surface area contributed by atoms with Crippen molar-refractivity contribution in [3.63, 3.8) is 0 Å². The van der Waals surface area contributed by atoms with Gasteiger partial charge in [0.15, 0.2) is 0 Å². The van der Waals surface area contributed by atoms with Gasteiger partial charge in [0.25, 0.3) is 5.91 Å². The van der Waals surface area contributed by atoms with Crippen molar-refractivity contribution in [3.8, 4) is 0 Å². The number of hydrogen-bond donors (Lipinski definition) is 0. The fraction of sp³-hybridized carbons (Fsp3) is 0.615. The van der Waals surface area contributed by atoms with Crippen molar-refractivity contribution in [2.75, 3.05) is 13.2 Å². The normalized spacial score (nSPS) is 19.3. The third-order valence-electron chi connectivity index (χ3n) is 3.24. The zero-order valence-corrected chi connectivity index (χ0v) is 12.0. The molecule has 1 aliphatic heterocycles. The molecular formula is C13H18N2O3S. The van der Waals surface area contributed by atoms with Crippen LogP contribution < -0.4 is 0 Å². The second kappa shape index (κ2) is 6.14. The maximum Gasteiger partial charge on any atom is 0.367 e. The lowest BCUT2D eigenvalue weighted by Gasteiger charge is -2.32. The second-order valence-electron chi connectivity index (χ2n) is 4.60. The summed E-state index contributed by atoms with van der Waals surface area (Å²) in [6.45, 7) is 4.87. The molecule has 1 atom stereocenters. The molecule has 1 saturated heterocycles. The van der Waals surface area contributed by atoms with Crippen molar-refractivity contribution >= 4 is 23.2 Å². The lowest BCUT2D eigenvalue weighted by atomic mass is 10.0. The van der Waals surface area contributed by atoms with E-state index in [-0.39, 0.29) is 17.0 Å². The standard InChI is InChI=1S/C13H18N2O3S/c1-3-18-13(17)11-14-10(8-19-11)12(16)15-7-5-4-6-9(15)2/h8-9H,3-7H2,1-2H3. The summed E-state index contributed by atoms with van der Waals surface area (Å²) in [7, 11) is 0. The van der Waals surface area contributed by atoms with Gasteiger partial charge in [-0.1, -0.05) is 0 Å². The van der Waals surface area contributed by atoms with Gasteiger partial charge in [-0.25, -0.2) is 9.78 Å². The average Bonchev–Trinajstić information content (AvgIpc) is 2.88. The van der Waals surface area contributed by atoms with Gasteiger partial charge < -0.3 is 9.64 Å². The molecule has 5 nitrogen and oxygen atoms in total. The number of hydrogen-bond acceptors (Lipinski definition) is 5. The predicted molar refractivity (Wildman–Crippen MR) is 72.4 cm³/mol. The van der Waals surface area contributed by atoms with Crippen LogP contribution in [0.5, 0.6) is 0 Å². The Morgan fingerprint density at radius 2 is 2.32 bits per heavy atom. The Morgan fingerprint density at radius 1 is 1.53 bits per heavy atom. The van der Waals surface area contributed by atoms with E-state index in [1.807, 2.05) is 4.90 Å². The Morgan fingerprint density at radius 3 is 3.00 bits per heavy atom. The largest absolute Gasteiger partial charge is 0.461 e. The molecule has 0 N–H and O–H groups in total. The minimum atomic E-state index is -0.460. The number of amides is 1. The lowest BCUT2D eigenvalue weighted by molar-refractivity contribution is 0.0525. The van der Waals surface area contributed by atoms with Gasteiger partial charge in [0.05, 0.1) is 6.61 Å². The van der Waals surface area contributed by atoms with Crippen molar-refractivity contribution in [1.29, 1.82) is 0 Å². The summed E-state index contributed by atoms with van der Waals surface area (Å²) in [5.41, 5.74) is 0.349. The van der Waals surface area contributed by atoms with Crippen molar-refractivity contribution in [1.82, 2.24) is 9.88 Å². The Bertz CT molecular complexity index is 472. The molecule has 0 radical (unpaired) electrons. The molecule has 1 fully saturated rings. The number of thiazole rings is 1. The van der Waals surface area contributed by atoms with Crippen molar-refractivity contribution < 1.29 is 14.3 Å². The van der Waals surface area contributed by atoms with E-state index in [2.05, 4.69) is 11.9 Å². The van der Waals surface area contributed by atoms with Crippen LogP contribution in [0.15, 0.2) is 5.38 Å². The number of carbonyl (C=O) groups is 2. The minimum Gasteiger partial charge on any atom is -0.461 e. The summed E-state index contributed by atoms with van der Waals surface area (Å²) in [4.78, 5) is 29.8. The Hall–Kier alpha value is -1.43. The van der Waals surface area contributed by atoms with Crippen LogP contribution >= 0.6 is 11.3 Å². The molecule has 2 heterocycles. The fourth-order valence-electron chi connectivity index (χ4n) is 2.21.